The molecule has 1 aliphatic heterocycles. The molecular formula is C15H27NO2Si. The minimum absolute atomic E-state index is 0.0333. The Kier molecular flexibility index (Phi) is 6.08. The molecule has 0 bridgehead atoms. The van der Waals surface area contributed by atoms with Crippen molar-refractivity contribution >= 4 is 21.3 Å². The molecule has 2 aliphatic rings. The molecule has 4 heteroatoms. The number of amides is 2. The van der Waals surface area contributed by atoms with E-state index in [4.69, 9.17) is 0 Å². The highest BCUT2D eigenvalue weighted by Gasteiger charge is 2.32. The maximum absolute atomic E-state index is 11.7. The molecule has 1 unspecified atom stereocenters. The van der Waals surface area contributed by atoms with Crippen LogP contribution in [0, 0.1) is 0 Å². The standard InChI is InChI=1S/C15H27NO2Si/c17-14-11-13(15(18)16-14)19-12-9-7-5-3-1-2-4-6-8-10-12/h12-13H,1-11,19H2,(H,16,17,18). The Bertz CT molecular complexity index is 307. The zero-order chi connectivity index (χ0) is 13.5. The van der Waals surface area contributed by atoms with Gasteiger partial charge in [0.2, 0.25) is 11.8 Å². The van der Waals surface area contributed by atoms with Crippen molar-refractivity contribution in [1.29, 1.82) is 0 Å². The van der Waals surface area contributed by atoms with Gasteiger partial charge in [0.15, 0.2) is 0 Å². The molecule has 2 fully saturated rings. The van der Waals surface area contributed by atoms with Gasteiger partial charge in [-0.05, 0) is 0 Å². The average Bonchev–Trinajstić information content (AvgIpc) is 2.67. The Morgan fingerprint density at radius 3 is 1.84 bits per heavy atom. The summed E-state index contributed by atoms with van der Waals surface area (Å²) in [4.78, 5) is 23.0. The lowest BCUT2D eigenvalue weighted by Crippen LogP contribution is -2.23. The van der Waals surface area contributed by atoms with E-state index in [2.05, 4.69) is 5.32 Å². The summed E-state index contributed by atoms with van der Waals surface area (Å²) in [7, 11) is -0.446. The van der Waals surface area contributed by atoms with Crippen LogP contribution in [0.2, 0.25) is 11.1 Å². The molecule has 108 valence electrons. The van der Waals surface area contributed by atoms with Gasteiger partial charge in [0.25, 0.3) is 0 Å². The third-order valence-electron chi connectivity index (χ3n) is 4.66. The predicted molar refractivity (Wildman–Crippen MR) is 80.0 cm³/mol. The number of nitrogens with one attached hydrogen (secondary N) is 1. The van der Waals surface area contributed by atoms with Gasteiger partial charge in [0.05, 0.1) is 0 Å². The summed E-state index contributed by atoms with van der Waals surface area (Å²) < 4.78 is 0. The zero-order valence-corrected chi connectivity index (χ0v) is 13.4. The molecule has 1 saturated carbocycles. The second kappa shape index (κ2) is 7.83. The molecule has 0 aromatic rings. The van der Waals surface area contributed by atoms with Crippen LogP contribution in [0.15, 0.2) is 0 Å². The van der Waals surface area contributed by atoms with E-state index in [9.17, 15) is 9.59 Å². The van der Waals surface area contributed by atoms with Gasteiger partial charge >= 0.3 is 0 Å². The fourth-order valence-corrected chi connectivity index (χ4v) is 6.10. The van der Waals surface area contributed by atoms with Crippen molar-refractivity contribution in [2.75, 3.05) is 0 Å². The van der Waals surface area contributed by atoms with E-state index >= 15 is 0 Å². The minimum atomic E-state index is -0.446. The second-order valence-corrected chi connectivity index (χ2v) is 8.93. The fourth-order valence-electron chi connectivity index (χ4n) is 3.51. The van der Waals surface area contributed by atoms with Crippen LogP contribution < -0.4 is 5.32 Å². The first kappa shape index (κ1) is 14.8. The third-order valence-corrected chi connectivity index (χ3v) is 7.37. The molecular weight excluding hydrogens is 254 g/mol. The summed E-state index contributed by atoms with van der Waals surface area (Å²) in [6.45, 7) is 0. The zero-order valence-electron chi connectivity index (χ0n) is 12.0. The summed E-state index contributed by atoms with van der Waals surface area (Å²) in [6, 6.07) is 0. The first-order chi connectivity index (χ1) is 9.25. The van der Waals surface area contributed by atoms with E-state index < -0.39 is 9.52 Å². The van der Waals surface area contributed by atoms with Crippen LogP contribution in [0.25, 0.3) is 0 Å². The van der Waals surface area contributed by atoms with Crippen molar-refractivity contribution in [2.24, 2.45) is 0 Å². The van der Waals surface area contributed by atoms with Crippen LogP contribution in [-0.2, 0) is 9.59 Å². The number of hydrogen-bond acceptors (Lipinski definition) is 2. The maximum atomic E-state index is 11.7. The molecule has 1 aliphatic carbocycles. The van der Waals surface area contributed by atoms with E-state index in [1.165, 1.54) is 64.2 Å². The summed E-state index contributed by atoms with van der Waals surface area (Å²) in [5, 5.41) is 2.47. The van der Waals surface area contributed by atoms with Gasteiger partial charge in [-0.15, -0.1) is 0 Å². The quantitative estimate of drug-likeness (QED) is 0.625. The SMILES string of the molecule is O=C1CC([SiH2]C2CCCCCCCCCC2)C(=O)N1. The normalized spacial score (nSPS) is 28.5. The molecule has 0 aromatic heterocycles. The lowest BCUT2D eigenvalue weighted by Gasteiger charge is -2.18. The van der Waals surface area contributed by atoms with Crippen molar-refractivity contribution < 1.29 is 9.59 Å². The van der Waals surface area contributed by atoms with Gasteiger partial charge < -0.3 is 0 Å². The molecule has 2 amide bonds. The molecule has 1 atom stereocenters. The summed E-state index contributed by atoms with van der Waals surface area (Å²) in [6.07, 6.45) is 14.1. The number of rotatable bonds is 2. The lowest BCUT2D eigenvalue weighted by atomic mass is 10.1. The van der Waals surface area contributed by atoms with Crippen molar-refractivity contribution in [3.63, 3.8) is 0 Å². The van der Waals surface area contributed by atoms with E-state index in [0.29, 0.717) is 6.42 Å². The molecule has 1 saturated heterocycles. The van der Waals surface area contributed by atoms with Crippen LogP contribution >= 0.6 is 0 Å². The van der Waals surface area contributed by atoms with Gasteiger partial charge in [0, 0.05) is 21.5 Å². The van der Waals surface area contributed by atoms with Crippen molar-refractivity contribution in [3.05, 3.63) is 0 Å². The molecule has 1 N–H and O–H groups in total. The van der Waals surface area contributed by atoms with E-state index in [1.807, 2.05) is 0 Å². The topological polar surface area (TPSA) is 46.2 Å². The van der Waals surface area contributed by atoms with Crippen LogP contribution in [0.1, 0.15) is 70.6 Å². The molecule has 0 aromatic carbocycles. The molecule has 3 nitrogen and oxygen atoms in total. The molecule has 0 radical (unpaired) electrons. The maximum Gasteiger partial charge on any atom is 0.227 e. The van der Waals surface area contributed by atoms with Crippen LogP contribution in [0.4, 0.5) is 0 Å². The van der Waals surface area contributed by atoms with Gasteiger partial charge in [-0.1, -0.05) is 69.7 Å². The van der Waals surface area contributed by atoms with Gasteiger partial charge in [-0.3, -0.25) is 14.9 Å². The van der Waals surface area contributed by atoms with Gasteiger partial charge in [-0.25, -0.2) is 0 Å². The predicted octanol–water partition coefficient (Wildman–Crippen LogP) is 2.69. The third kappa shape index (κ3) is 5.09. The molecule has 1 heterocycles. The Morgan fingerprint density at radius 1 is 0.842 bits per heavy atom. The monoisotopic (exact) mass is 281 g/mol. The Labute approximate surface area is 118 Å². The Balaban J connectivity index is 1.81. The number of hydrogen-bond donors (Lipinski definition) is 1. The van der Waals surface area contributed by atoms with Gasteiger partial charge in [0.1, 0.15) is 0 Å². The Hall–Kier alpha value is -0.643. The minimum Gasteiger partial charge on any atom is -0.296 e. The van der Waals surface area contributed by atoms with E-state index in [-0.39, 0.29) is 17.4 Å². The highest BCUT2D eigenvalue weighted by molar-refractivity contribution is 6.48. The van der Waals surface area contributed by atoms with Crippen LogP contribution in [-0.4, -0.2) is 21.3 Å². The first-order valence-corrected chi connectivity index (χ1v) is 9.72. The van der Waals surface area contributed by atoms with Crippen LogP contribution in [0.5, 0.6) is 0 Å². The lowest BCUT2D eigenvalue weighted by molar-refractivity contribution is -0.124. The van der Waals surface area contributed by atoms with Crippen molar-refractivity contribution in [1.82, 2.24) is 5.32 Å². The molecule has 2 rings (SSSR count). The number of carbonyl (C=O) groups is 2. The summed E-state index contributed by atoms with van der Waals surface area (Å²) in [5.74, 6) is -0.00912. The summed E-state index contributed by atoms with van der Waals surface area (Å²) >= 11 is 0. The second-order valence-electron chi connectivity index (χ2n) is 6.32. The summed E-state index contributed by atoms with van der Waals surface area (Å²) in [5.41, 5.74) is 0.891. The average molecular weight is 281 g/mol. The Morgan fingerprint density at radius 2 is 1.37 bits per heavy atom. The molecule has 19 heavy (non-hydrogen) atoms. The van der Waals surface area contributed by atoms with Gasteiger partial charge in [-0.2, -0.15) is 0 Å². The largest absolute Gasteiger partial charge is 0.296 e. The van der Waals surface area contributed by atoms with Crippen molar-refractivity contribution in [3.8, 4) is 0 Å². The fraction of sp³-hybridized carbons (Fsp3) is 0.867. The smallest absolute Gasteiger partial charge is 0.227 e. The van der Waals surface area contributed by atoms with E-state index in [1.54, 1.807) is 0 Å². The number of imide groups is 1. The molecule has 0 spiro atoms. The van der Waals surface area contributed by atoms with E-state index in [0.717, 1.165) is 5.54 Å². The van der Waals surface area contributed by atoms with Crippen LogP contribution in [0.3, 0.4) is 0 Å². The number of carbonyl (C=O) groups excluding carboxylic acids is 2. The van der Waals surface area contributed by atoms with Crippen molar-refractivity contribution in [2.45, 2.75) is 81.7 Å². The first-order valence-electron chi connectivity index (χ1n) is 8.09. The highest BCUT2D eigenvalue weighted by atomic mass is 28.2. The highest BCUT2D eigenvalue weighted by Crippen LogP contribution is 2.30.